The largest absolute Gasteiger partial charge is 0.396 e. The van der Waals surface area contributed by atoms with E-state index in [0.29, 0.717) is 12.5 Å². The fourth-order valence-corrected chi connectivity index (χ4v) is 3.04. The third kappa shape index (κ3) is 5.79. The molecule has 0 radical (unpaired) electrons. The van der Waals surface area contributed by atoms with E-state index in [0.717, 1.165) is 12.5 Å². The van der Waals surface area contributed by atoms with Crippen LogP contribution in [0.5, 0.6) is 0 Å². The Bertz CT molecular complexity index is 164. The molecule has 0 bridgehead atoms. The van der Waals surface area contributed by atoms with Crippen molar-refractivity contribution in [1.82, 2.24) is 4.90 Å². The van der Waals surface area contributed by atoms with Crippen LogP contribution in [0.1, 0.15) is 26.7 Å². The third-order valence-electron chi connectivity index (χ3n) is 2.86. The van der Waals surface area contributed by atoms with E-state index in [1.54, 1.807) is 0 Å². The van der Waals surface area contributed by atoms with Crippen LogP contribution in [0.4, 0.5) is 0 Å². The molecule has 0 saturated carbocycles. The normalized spacial score (nSPS) is 23.6. The zero-order valence-corrected chi connectivity index (χ0v) is 10.9. The van der Waals surface area contributed by atoms with Crippen molar-refractivity contribution in [2.45, 2.75) is 26.7 Å². The molecule has 0 spiro atoms. The third-order valence-corrected chi connectivity index (χ3v) is 4.24. The number of rotatable bonds is 6. The second-order valence-electron chi connectivity index (χ2n) is 4.96. The van der Waals surface area contributed by atoms with Gasteiger partial charge in [0.2, 0.25) is 0 Å². The zero-order chi connectivity index (χ0) is 11.1. The predicted octanol–water partition coefficient (Wildman–Crippen LogP) is 2.08. The fourth-order valence-electron chi connectivity index (χ4n) is 2.02. The quantitative estimate of drug-likeness (QED) is 0.708. The number of thioether (sulfide) groups is 1. The molecule has 0 aromatic carbocycles. The highest BCUT2D eigenvalue weighted by Gasteiger charge is 2.18. The van der Waals surface area contributed by atoms with Gasteiger partial charge >= 0.3 is 0 Å². The van der Waals surface area contributed by atoms with Gasteiger partial charge in [-0.15, -0.1) is 0 Å². The lowest BCUT2D eigenvalue weighted by Gasteiger charge is -2.31. The van der Waals surface area contributed by atoms with Gasteiger partial charge in [-0.1, -0.05) is 13.8 Å². The maximum atomic E-state index is 9.12. The minimum Gasteiger partial charge on any atom is -0.396 e. The van der Waals surface area contributed by atoms with Gasteiger partial charge in [-0.05, 0) is 37.0 Å². The fraction of sp³-hybridized carbons (Fsp3) is 1.00. The first-order chi connectivity index (χ1) is 7.22. The molecular formula is C12H25NOS. The summed E-state index contributed by atoms with van der Waals surface area (Å²) in [5, 5.41) is 9.12. The van der Waals surface area contributed by atoms with Gasteiger partial charge in [-0.25, -0.2) is 0 Å². The molecule has 2 nitrogen and oxygen atoms in total. The molecule has 1 fully saturated rings. The van der Waals surface area contributed by atoms with Gasteiger partial charge in [0.25, 0.3) is 0 Å². The minimum atomic E-state index is 0.371. The van der Waals surface area contributed by atoms with Crippen LogP contribution in [0.2, 0.25) is 0 Å². The van der Waals surface area contributed by atoms with Crippen LogP contribution in [0.3, 0.4) is 0 Å². The summed E-state index contributed by atoms with van der Waals surface area (Å²) < 4.78 is 0. The molecule has 3 heteroatoms. The lowest BCUT2D eigenvalue weighted by atomic mass is 9.99. The number of likely N-dealkylation sites (tertiary alicyclic amines) is 1. The van der Waals surface area contributed by atoms with Crippen LogP contribution in [-0.4, -0.2) is 47.8 Å². The Labute approximate surface area is 98.4 Å². The zero-order valence-electron chi connectivity index (χ0n) is 10.1. The first kappa shape index (κ1) is 13.3. The highest BCUT2D eigenvalue weighted by molar-refractivity contribution is 7.99. The molecule has 1 unspecified atom stereocenters. The lowest BCUT2D eigenvalue weighted by molar-refractivity contribution is 0.125. The first-order valence-corrected chi connectivity index (χ1v) is 7.28. The van der Waals surface area contributed by atoms with Crippen molar-refractivity contribution < 1.29 is 5.11 Å². The first-order valence-electron chi connectivity index (χ1n) is 6.13. The van der Waals surface area contributed by atoms with Crippen LogP contribution in [0, 0.1) is 11.8 Å². The molecule has 0 aromatic rings. The van der Waals surface area contributed by atoms with Gasteiger partial charge in [0.15, 0.2) is 0 Å². The maximum absolute atomic E-state index is 9.12. The van der Waals surface area contributed by atoms with Crippen molar-refractivity contribution in [3.05, 3.63) is 0 Å². The average Bonchev–Trinajstić information content (AvgIpc) is 2.24. The monoisotopic (exact) mass is 231 g/mol. The van der Waals surface area contributed by atoms with Crippen LogP contribution >= 0.6 is 11.8 Å². The van der Waals surface area contributed by atoms with E-state index in [2.05, 4.69) is 30.5 Å². The van der Waals surface area contributed by atoms with E-state index in [9.17, 15) is 0 Å². The van der Waals surface area contributed by atoms with E-state index >= 15 is 0 Å². The molecule has 0 aromatic heterocycles. The number of hydrogen-bond acceptors (Lipinski definition) is 3. The van der Waals surface area contributed by atoms with Gasteiger partial charge in [0.05, 0.1) is 0 Å². The number of aliphatic hydroxyl groups excluding tert-OH is 1. The van der Waals surface area contributed by atoms with Crippen molar-refractivity contribution in [1.29, 1.82) is 0 Å². The van der Waals surface area contributed by atoms with Crippen LogP contribution < -0.4 is 0 Å². The van der Waals surface area contributed by atoms with Crippen LogP contribution in [0.15, 0.2) is 0 Å². The molecule has 0 amide bonds. The molecule has 1 aliphatic rings. The Morgan fingerprint density at radius 2 is 2.27 bits per heavy atom. The standard InChI is InChI=1S/C12H25NOS/c1-11(2)10-15-7-6-13-5-3-4-12(8-13)9-14/h11-12,14H,3-10H2,1-2H3. The Morgan fingerprint density at radius 3 is 2.93 bits per heavy atom. The van der Waals surface area contributed by atoms with Crippen molar-refractivity contribution in [2.75, 3.05) is 37.7 Å². The summed E-state index contributed by atoms with van der Waals surface area (Å²) in [7, 11) is 0. The lowest BCUT2D eigenvalue weighted by Crippen LogP contribution is -2.38. The molecule has 1 N–H and O–H groups in total. The highest BCUT2D eigenvalue weighted by Crippen LogP contribution is 2.16. The Hall–Kier alpha value is 0.270. The van der Waals surface area contributed by atoms with Crippen molar-refractivity contribution in [2.24, 2.45) is 11.8 Å². The van der Waals surface area contributed by atoms with Gasteiger partial charge < -0.3 is 10.0 Å². The molecule has 15 heavy (non-hydrogen) atoms. The summed E-state index contributed by atoms with van der Waals surface area (Å²) in [5.74, 6) is 3.86. The molecule has 1 atom stereocenters. The highest BCUT2D eigenvalue weighted by atomic mass is 32.2. The summed E-state index contributed by atoms with van der Waals surface area (Å²) in [6, 6.07) is 0. The number of nitrogens with zero attached hydrogens (tertiary/aromatic N) is 1. The topological polar surface area (TPSA) is 23.5 Å². The smallest absolute Gasteiger partial charge is 0.0471 e. The summed E-state index contributed by atoms with van der Waals surface area (Å²) in [6.07, 6.45) is 2.48. The number of piperidine rings is 1. The summed E-state index contributed by atoms with van der Waals surface area (Å²) in [5.41, 5.74) is 0. The van der Waals surface area contributed by atoms with E-state index in [4.69, 9.17) is 5.11 Å². The van der Waals surface area contributed by atoms with Crippen molar-refractivity contribution in [3.8, 4) is 0 Å². The van der Waals surface area contributed by atoms with Gasteiger partial charge in [-0.3, -0.25) is 0 Å². The molecule has 90 valence electrons. The van der Waals surface area contributed by atoms with Crippen LogP contribution in [0.25, 0.3) is 0 Å². The number of hydrogen-bond donors (Lipinski definition) is 1. The maximum Gasteiger partial charge on any atom is 0.0471 e. The van der Waals surface area contributed by atoms with Crippen molar-refractivity contribution >= 4 is 11.8 Å². The Balaban J connectivity index is 2.05. The van der Waals surface area contributed by atoms with E-state index in [1.165, 1.54) is 37.4 Å². The molecule has 1 aliphatic heterocycles. The van der Waals surface area contributed by atoms with Gasteiger partial charge in [0.1, 0.15) is 0 Å². The van der Waals surface area contributed by atoms with Gasteiger partial charge in [-0.2, -0.15) is 11.8 Å². The summed E-state index contributed by atoms with van der Waals surface area (Å²) in [4.78, 5) is 2.51. The summed E-state index contributed by atoms with van der Waals surface area (Å²) >= 11 is 2.06. The molecule has 1 saturated heterocycles. The second-order valence-corrected chi connectivity index (χ2v) is 6.11. The Kier molecular flexibility index (Phi) is 6.69. The second kappa shape index (κ2) is 7.53. The minimum absolute atomic E-state index is 0.371. The van der Waals surface area contributed by atoms with Crippen molar-refractivity contribution in [3.63, 3.8) is 0 Å². The van der Waals surface area contributed by atoms with Crippen LogP contribution in [-0.2, 0) is 0 Å². The molecule has 0 aliphatic carbocycles. The van der Waals surface area contributed by atoms with Gasteiger partial charge in [0, 0.05) is 25.4 Å². The van der Waals surface area contributed by atoms with E-state index < -0.39 is 0 Å². The molecular weight excluding hydrogens is 206 g/mol. The predicted molar refractivity (Wildman–Crippen MR) is 68.4 cm³/mol. The number of aliphatic hydroxyl groups is 1. The summed E-state index contributed by atoms with van der Waals surface area (Å²) in [6.45, 7) is 8.46. The van der Waals surface area contributed by atoms with E-state index in [-0.39, 0.29) is 0 Å². The molecule has 1 rings (SSSR count). The SMILES string of the molecule is CC(C)CSCCN1CCCC(CO)C1. The Morgan fingerprint density at radius 1 is 1.47 bits per heavy atom. The van der Waals surface area contributed by atoms with E-state index in [1.807, 2.05) is 0 Å². The average molecular weight is 231 g/mol. The molecule has 1 heterocycles.